The summed E-state index contributed by atoms with van der Waals surface area (Å²) < 4.78 is 17.0. The van der Waals surface area contributed by atoms with Crippen molar-refractivity contribution >= 4 is 0 Å². The molecular formula is C6Fe2N6O2Ti-7. The van der Waals surface area contributed by atoms with Gasteiger partial charge in [0.15, 0.2) is 0 Å². The molecule has 17 heavy (non-hydrogen) atoms. The van der Waals surface area contributed by atoms with Crippen LogP contribution in [0.3, 0.4) is 0 Å². The van der Waals surface area contributed by atoms with Gasteiger partial charge in [0.2, 0.25) is 0 Å². The van der Waals surface area contributed by atoms with Crippen LogP contribution in [0.4, 0.5) is 0 Å². The van der Waals surface area contributed by atoms with E-state index in [2.05, 4.69) is 27.3 Å². The molecule has 0 aliphatic carbocycles. The summed E-state index contributed by atoms with van der Waals surface area (Å²) in [6, 6.07) is 0. The van der Waals surface area contributed by atoms with E-state index in [4.69, 9.17) is 78.0 Å². The van der Waals surface area contributed by atoms with Crippen molar-refractivity contribution in [2.45, 2.75) is 0 Å². The van der Waals surface area contributed by atoms with Crippen molar-refractivity contribution in [2.24, 2.45) is 0 Å². The Labute approximate surface area is 124 Å². The Kier molecular flexibility index (Phi) is 29900. The van der Waals surface area contributed by atoms with Gasteiger partial charge in [-0.25, -0.2) is 0 Å². The van der Waals surface area contributed by atoms with E-state index in [1.165, 1.54) is 0 Å². The second-order valence-electron chi connectivity index (χ2n) is 0.0833. The van der Waals surface area contributed by atoms with Gasteiger partial charge in [0.1, 0.15) is 0 Å². The molecule has 0 aromatic carbocycles. The maximum atomic E-state index is 8.50. The van der Waals surface area contributed by atoms with Gasteiger partial charge < -0.3 is 71.0 Å². The molecule has 0 saturated heterocycles. The van der Waals surface area contributed by atoms with E-state index in [1.807, 2.05) is 0 Å². The Morgan fingerprint density at radius 3 is 0.647 bits per heavy atom. The van der Waals surface area contributed by atoms with Gasteiger partial charge in [0, 0.05) is 0 Å². The van der Waals surface area contributed by atoms with Gasteiger partial charge in [-0.1, -0.05) is 0 Å². The second-order valence-corrected chi connectivity index (χ2v) is 0.344. The summed E-state index contributed by atoms with van der Waals surface area (Å²) in [6.07, 6.45) is 0. The molecule has 0 radical (unpaired) electrons. The minimum absolute atomic E-state index is 2.00. The first-order valence-corrected chi connectivity index (χ1v) is 5.15. The summed E-state index contributed by atoms with van der Waals surface area (Å²) in [6.45, 7) is 28.5. The standard InChI is InChI=1S/6CN.2Fe.2O.Ti/c6*1-2;;;;;/q6*-1;;;;-1;. The van der Waals surface area contributed by atoms with E-state index in [-0.39, 0.29) is 0 Å². The first-order valence-electron chi connectivity index (χ1n) is 1.87. The Hall–Kier alpha value is -1.55. The van der Waals surface area contributed by atoms with Gasteiger partial charge >= 0.3 is 53.8 Å². The minimum atomic E-state index is -2.00. The van der Waals surface area contributed by atoms with E-state index < -0.39 is 19.5 Å². The number of hydrogen-bond donors (Lipinski definition) is 0. The molecule has 8 nitrogen and oxygen atoms in total. The molecule has 0 aliphatic rings. The van der Waals surface area contributed by atoms with Crippen LogP contribution in [0, 0.1) is 71.0 Å². The fourth-order valence-electron chi connectivity index (χ4n) is 0. The summed E-state index contributed by atoms with van der Waals surface area (Å²) in [7, 11) is 0. The summed E-state index contributed by atoms with van der Waals surface area (Å²) >= 11 is 4.00. The molecular weight excluding hydrogens is 348 g/mol. The average Bonchev–Trinajstić information content (AvgIpc) is 2.53. The fourth-order valence-corrected chi connectivity index (χ4v) is 0. The van der Waals surface area contributed by atoms with Crippen LogP contribution in [-0.2, 0) is 50.1 Å². The molecule has 0 aliphatic heterocycles. The zero-order valence-corrected chi connectivity index (χ0v) is 11.5. The predicted octanol–water partition coefficient (Wildman–Crippen LogP) is -0.737. The van der Waals surface area contributed by atoms with Crippen LogP contribution in [0.5, 0.6) is 0 Å². The number of rotatable bonds is 0. The van der Waals surface area contributed by atoms with Crippen LogP contribution >= 0.6 is 0 Å². The van der Waals surface area contributed by atoms with E-state index in [9.17, 15) is 0 Å². The topological polar surface area (TPSA) is 183 Å². The molecule has 0 unspecified atom stereocenters. The quantitative estimate of drug-likeness (QED) is 0.405. The van der Waals surface area contributed by atoms with Crippen molar-refractivity contribution in [1.82, 2.24) is 0 Å². The summed E-state index contributed by atoms with van der Waals surface area (Å²) in [5, 5.41) is 37.5. The molecule has 0 bridgehead atoms. The molecule has 0 aromatic rings. The molecule has 0 spiro atoms. The van der Waals surface area contributed by atoms with Crippen LogP contribution in [0.1, 0.15) is 0 Å². The number of hydrogen-bond acceptors (Lipinski definition) is 8. The third-order valence-electron chi connectivity index (χ3n) is 0. The van der Waals surface area contributed by atoms with Crippen molar-refractivity contribution in [1.29, 1.82) is 31.6 Å². The Balaban J connectivity index is -0.00000000914. The third-order valence-corrected chi connectivity index (χ3v) is 0. The van der Waals surface area contributed by atoms with Gasteiger partial charge in [-0.2, -0.15) is 0 Å². The molecule has 0 N–H and O–H groups in total. The van der Waals surface area contributed by atoms with E-state index in [0.717, 1.165) is 0 Å². The monoisotopic (exact) mass is 348 g/mol. The molecule has 0 fully saturated rings. The van der Waals surface area contributed by atoms with Crippen molar-refractivity contribution in [3.63, 3.8) is 0 Å². The molecule has 93 valence electrons. The summed E-state index contributed by atoms with van der Waals surface area (Å²) in [4.78, 5) is 0. The van der Waals surface area contributed by atoms with Crippen LogP contribution in [0.2, 0.25) is 0 Å². The Morgan fingerprint density at radius 1 is 0.647 bits per heavy atom. The zero-order chi connectivity index (χ0) is 16.7. The molecule has 0 rings (SSSR count). The van der Waals surface area contributed by atoms with Crippen LogP contribution in [0.25, 0.3) is 0 Å². The van der Waals surface area contributed by atoms with Gasteiger partial charge in [0.25, 0.3) is 0 Å². The first-order chi connectivity index (χ1) is 8.41. The molecule has 0 amide bonds. The van der Waals surface area contributed by atoms with Crippen molar-refractivity contribution in [3.8, 4) is 0 Å². The Bertz CT molecular complexity index is 154. The Morgan fingerprint density at radius 2 is 0.647 bits per heavy atom. The molecule has 0 aromatic heterocycles. The normalized spacial score (nSPS) is 1.59. The van der Waals surface area contributed by atoms with Gasteiger partial charge in [0.05, 0.1) is 0 Å². The molecule has 0 saturated carbocycles. The van der Waals surface area contributed by atoms with E-state index in [0.29, 0.717) is 0 Å². The SMILES string of the molecule is [C-]#N.[C-]#N.[C-]#N.[C-]#N.[C-]#N.[C-]#N.[Fe]=[Fe].[O]=[Ti][O-]. The maximum absolute atomic E-state index is 8.50. The third kappa shape index (κ3) is 937. The average molecular weight is 348 g/mol. The fraction of sp³-hybridized carbons (Fsp3) is 0. The van der Waals surface area contributed by atoms with Crippen LogP contribution < -0.4 is 3.69 Å². The summed E-state index contributed by atoms with van der Waals surface area (Å²) in [5.74, 6) is 0. The first kappa shape index (κ1) is 58.1. The summed E-state index contributed by atoms with van der Waals surface area (Å²) in [5.41, 5.74) is 0. The van der Waals surface area contributed by atoms with Gasteiger partial charge in [-0.3, -0.25) is 0 Å². The predicted molar refractivity (Wildman–Crippen MR) is 30.5 cm³/mol. The van der Waals surface area contributed by atoms with Crippen molar-refractivity contribution in [3.05, 3.63) is 39.4 Å². The van der Waals surface area contributed by atoms with Crippen LogP contribution in [-0.4, -0.2) is 0 Å². The van der Waals surface area contributed by atoms with E-state index >= 15 is 0 Å². The molecule has 0 heterocycles. The van der Waals surface area contributed by atoms with E-state index in [1.54, 1.807) is 0 Å². The van der Waals surface area contributed by atoms with Crippen LogP contribution in [0.15, 0.2) is 0 Å². The molecule has 11 heteroatoms. The zero-order valence-electron chi connectivity index (χ0n) is 7.71. The van der Waals surface area contributed by atoms with Crippen molar-refractivity contribution < 1.29 is 53.8 Å². The molecule has 0 atom stereocenters. The second kappa shape index (κ2) is 8750. The van der Waals surface area contributed by atoms with Crippen molar-refractivity contribution in [2.75, 3.05) is 0 Å². The van der Waals surface area contributed by atoms with Gasteiger partial charge in [-0.15, -0.1) is 0 Å². The number of nitrogens with zero attached hydrogens (tertiary/aromatic N) is 6. The van der Waals surface area contributed by atoms with Gasteiger partial charge in [-0.05, 0) is 0 Å².